The number of thiazole rings is 1. The van der Waals surface area contributed by atoms with Crippen LogP contribution in [0.25, 0.3) is 0 Å². The highest BCUT2D eigenvalue weighted by Gasteiger charge is 2.23. The van der Waals surface area contributed by atoms with Crippen molar-refractivity contribution in [2.24, 2.45) is 0 Å². The zero-order valence-corrected chi connectivity index (χ0v) is 8.42. The number of rotatable bonds is 1. The number of hydrogen-bond donors (Lipinski definition) is 1. The van der Waals surface area contributed by atoms with Crippen molar-refractivity contribution in [3.8, 4) is 0 Å². The Balaban J connectivity index is 2.06. The molecule has 0 saturated heterocycles. The van der Waals surface area contributed by atoms with Crippen LogP contribution in [0.2, 0.25) is 0 Å². The predicted octanol–water partition coefficient (Wildman–Crippen LogP) is 2.34. The van der Waals surface area contributed by atoms with Gasteiger partial charge in [0.25, 0.3) is 0 Å². The molecule has 1 aliphatic heterocycles. The van der Waals surface area contributed by atoms with Crippen molar-refractivity contribution >= 4 is 11.3 Å². The second kappa shape index (κ2) is 3.19. The molecule has 2 nitrogen and oxygen atoms in total. The van der Waals surface area contributed by atoms with Crippen LogP contribution < -0.4 is 5.32 Å². The lowest BCUT2D eigenvalue weighted by Gasteiger charge is -2.08. The first kappa shape index (κ1) is 8.15. The third-order valence-corrected chi connectivity index (χ3v) is 3.21. The molecule has 1 aromatic heterocycles. The van der Waals surface area contributed by atoms with Crippen LogP contribution in [0.3, 0.4) is 0 Å². The molecule has 0 saturated carbocycles. The molecule has 14 heavy (non-hydrogen) atoms. The van der Waals surface area contributed by atoms with Crippen LogP contribution >= 0.6 is 11.3 Å². The Hall–Kier alpha value is -1.19. The van der Waals surface area contributed by atoms with Crippen molar-refractivity contribution in [3.05, 3.63) is 52.0 Å². The van der Waals surface area contributed by atoms with Crippen molar-refractivity contribution in [2.45, 2.75) is 12.6 Å². The number of nitrogens with zero attached hydrogens (tertiary/aromatic N) is 1. The first-order chi connectivity index (χ1) is 6.95. The summed E-state index contributed by atoms with van der Waals surface area (Å²) in [5, 5.41) is 5.58. The molecular weight excluding hydrogens is 192 g/mol. The molecule has 1 N–H and O–H groups in total. The number of aromatic nitrogens is 1. The number of hydrogen-bond acceptors (Lipinski definition) is 3. The van der Waals surface area contributed by atoms with Gasteiger partial charge in [0, 0.05) is 11.9 Å². The highest BCUT2D eigenvalue weighted by atomic mass is 32.1. The van der Waals surface area contributed by atoms with E-state index in [1.807, 2.05) is 5.51 Å². The van der Waals surface area contributed by atoms with Gasteiger partial charge in [-0.25, -0.2) is 4.98 Å². The van der Waals surface area contributed by atoms with Crippen molar-refractivity contribution in [1.29, 1.82) is 0 Å². The van der Waals surface area contributed by atoms with Crippen LogP contribution in [0.5, 0.6) is 0 Å². The summed E-state index contributed by atoms with van der Waals surface area (Å²) >= 11 is 1.65. The van der Waals surface area contributed by atoms with E-state index in [4.69, 9.17) is 0 Å². The van der Waals surface area contributed by atoms with Gasteiger partial charge in [-0.15, -0.1) is 11.3 Å². The highest BCUT2D eigenvalue weighted by molar-refractivity contribution is 7.07. The Labute approximate surface area is 86.6 Å². The molecular formula is C11H10N2S. The van der Waals surface area contributed by atoms with E-state index in [0.717, 1.165) is 12.2 Å². The van der Waals surface area contributed by atoms with Gasteiger partial charge in [0.05, 0.1) is 17.2 Å². The molecule has 1 unspecified atom stereocenters. The molecule has 0 spiro atoms. The smallest absolute Gasteiger partial charge is 0.0795 e. The van der Waals surface area contributed by atoms with Gasteiger partial charge in [-0.05, 0) is 11.1 Å². The average molecular weight is 202 g/mol. The molecule has 3 rings (SSSR count). The van der Waals surface area contributed by atoms with Gasteiger partial charge < -0.3 is 5.32 Å². The Morgan fingerprint density at radius 1 is 1.36 bits per heavy atom. The summed E-state index contributed by atoms with van der Waals surface area (Å²) in [4.78, 5) is 4.35. The number of fused-ring (bicyclic) bond motifs is 1. The van der Waals surface area contributed by atoms with Gasteiger partial charge in [0.15, 0.2) is 0 Å². The van der Waals surface area contributed by atoms with E-state index in [1.165, 1.54) is 11.1 Å². The molecule has 3 heteroatoms. The zero-order valence-electron chi connectivity index (χ0n) is 7.60. The summed E-state index contributed by atoms with van der Waals surface area (Å²) in [6.07, 6.45) is 0. The fraction of sp³-hybridized carbons (Fsp3) is 0.182. The maximum atomic E-state index is 4.35. The minimum absolute atomic E-state index is 0.303. The van der Waals surface area contributed by atoms with Crippen molar-refractivity contribution in [2.75, 3.05) is 0 Å². The quantitative estimate of drug-likeness (QED) is 0.767. The lowest BCUT2D eigenvalue weighted by molar-refractivity contribution is 0.654. The summed E-state index contributed by atoms with van der Waals surface area (Å²) in [6, 6.07) is 8.83. The summed E-state index contributed by atoms with van der Waals surface area (Å²) < 4.78 is 0. The van der Waals surface area contributed by atoms with Crippen LogP contribution in [-0.2, 0) is 6.54 Å². The predicted molar refractivity (Wildman–Crippen MR) is 57.2 cm³/mol. The maximum absolute atomic E-state index is 4.35. The van der Waals surface area contributed by atoms with E-state index in [2.05, 4.69) is 39.9 Å². The van der Waals surface area contributed by atoms with Gasteiger partial charge in [0.1, 0.15) is 0 Å². The van der Waals surface area contributed by atoms with E-state index >= 15 is 0 Å². The Morgan fingerprint density at radius 3 is 3.14 bits per heavy atom. The normalized spacial score (nSPS) is 19.6. The minimum Gasteiger partial charge on any atom is -0.301 e. The van der Waals surface area contributed by atoms with Crippen molar-refractivity contribution in [1.82, 2.24) is 10.3 Å². The summed E-state index contributed by atoms with van der Waals surface area (Å²) in [5.74, 6) is 0. The molecule has 0 amide bonds. The zero-order chi connectivity index (χ0) is 9.38. The van der Waals surface area contributed by atoms with Crippen LogP contribution in [0.15, 0.2) is 35.2 Å². The van der Waals surface area contributed by atoms with Crippen molar-refractivity contribution < 1.29 is 0 Å². The Kier molecular flexibility index (Phi) is 1.85. The average Bonchev–Trinajstić information content (AvgIpc) is 2.85. The SMILES string of the molecule is c1ccc2c(c1)CNC2c1cscn1. The molecule has 0 radical (unpaired) electrons. The maximum Gasteiger partial charge on any atom is 0.0795 e. The molecule has 2 aromatic rings. The molecule has 1 aliphatic rings. The first-order valence-corrected chi connectivity index (χ1v) is 5.59. The molecule has 2 heterocycles. The first-order valence-electron chi connectivity index (χ1n) is 4.64. The summed E-state index contributed by atoms with van der Waals surface area (Å²) in [6.45, 7) is 0.957. The molecule has 1 atom stereocenters. The van der Waals surface area contributed by atoms with Crippen LogP contribution in [0.1, 0.15) is 22.9 Å². The van der Waals surface area contributed by atoms with Gasteiger partial charge in [-0.1, -0.05) is 24.3 Å². The molecule has 0 fully saturated rings. The monoisotopic (exact) mass is 202 g/mol. The van der Waals surface area contributed by atoms with E-state index in [9.17, 15) is 0 Å². The topological polar surface area (TPSA) is 24.9 Å². The fourth-order valence-electron chi connectivity index (χ4n) is 1.93. The second-order valence-electron chi connectivity index (χ2n) is 3.43. The van der Waals surface area contributed by atoms with Crippen LogP contribution in [0, 0.1) is 0 Å². The van der Waals surface area contributed by atoms with E-state index < -0.39 is 0 Å². The third-order valence-electron chi connectivity index (χ3n) is 2.61. The molecule has 0 aliphatic carbocycles. The number of nitrogens with one attached hydrogen (secondary N) is 1. The largest absolute Gasteiger partial charge is 0.301 e. The van der Waals surface area contributed by atoms with Gasteiger partial charge >= 0.3 is 0 Å². The van der Waals surface area contributed by atoms with Gasteiger partial charge in [0.2, 0.25) is 0 Å². The second-order valence-corrected chi connectivity index (χ2v) is 4.14. The molecule has 1 aromatic carbocycles. The van der Waals surface area contributed by atoms with Crippen molar-refractivity contribution in [3.63, 3.8) is 0 Å². The van der Waals surface area contributed by atoms with Crippen LogP contribution in [-0.4, -0.2) is 4.98 Å². The van der Waals surface area contributed by atoms with Gasteiger partial charge in [-0.3, -0.25) is 0 Å². The molecule has 70 valence electrons. The lowest BCUT2D eigenvalue weighted by atomic mass is 10.0. The van der Waals surface area contributed by atoms with E-state index in [-0.39, 0.29) is 0 Å². The third kappa shape index (κ3) is 1.17. The fourth-order valence-corrected chi connectivity index (χ4v) is 2.51. The lowest BCUT2D eigenvalue weighted by Crippen LogP contribution is -2.13. The minimum atomic E-state index is 0.303. The standard InChI is InChI=1S/C11H10N2S/c1-2-4-9-8(3-1)5-12-11(9)10-6-14-7-13-10/h1-4,6-7,11-12H,5H2. The summed E-state index contributed by atoms with van der Waals surface area (Å²) in [7, 11) is 0. The molecule has 0 bridgehead atoms. The number of benzene rings is 1. The van der Waals surface area contributed by atoms with Crippen LogP contribution in [0.4, 0.5) is 0 Å². The highest BCUT2D eigenvalue weighted by Crippen LogP contribution is 2.29. The Morgan fingerprint density at radius 2 is 2.29 bits per heavy atom. The van der Waals surface area contributed by atoms with E-state index in [1.54, 1.807) is 11.3 Å². The summed E-state index contributed by atoms with van der Waals surface area (Å²) in [5.41, 5.74) is 5.79. The van der Waals surface area contributed by atoms with Gasteiger partial charge in [-0.2, -0.15) is 0 Å². The Bertz CT molecular complexity index is 436. The van der Waals surface area contributed by atoms with E-state index in [0.29, 0.717) is 6.04 Å².